The van der Waals surface area contributed by atoms with Crippen molar-refractivity contribution < 1.29 is 14.3 Å². The number of ether oxygens (including phenoxy) is 2. The SMILES string of the molecule is CC(C)(C)OC(=O)Nc1nc2ccc(C3=CCCOC3)nc2s1. The summed E-state index contributed by atoms with van der Waals surface area (Å²) in [4.78, 5) is 21.6. The number of carbonyl (C=O) groups is 1. The van der Waals surface area contributed by atoms with Gasteiger partial charge in [0.15, 0.2) is 5.13 Å². The maximum Gasteiger partial charge on any atom is 0.413 e. The molecule has 0 radical (unpaired) electrons. The van der Waals surface area contributed by atoms with Crippen molar-refractivity contribution in [2.24, 2.45) is 0 Å². The number of pyridine rings is 1. The summed E-state index contributed by atoms with van der Waals surface area (Å²) >= 11 is 1.33. The summed E-state index contributed by atoms with van der Waals surface area (Å²) in [6, 6.07) is 3.84. The minimum absolute atomic E-state index is 0.479. The van der Waals surface area contributed by atoms with Crippen molar-refractivity contribution in [2.45, 2.75) is 32.8 Å². The summed E-state index contributed by atoms with van der Waals surface area (Å²) in [6.07, 6.45) is 2.54. The molecule has 0 saturated heterocycles. The van der Waals surface area contributed by atoms with Crippen LogP contribution in [0.4, 0.5) is 9.93 Å². The molecule has 1 aliphatic rings. The van der Waals surface area contributed by atoms with Gasteiger partial charge in [-0.25, -0.2) is 14.8 Å². The highest BCUT2D eigenvalue weighted by molar-refractivity contribution is 7.21. The number of rotatable bonds is 2. The number of fused-ring (bicyclic) bond motifs is 1. The van der Waals surface area contributed by atoms with Crippen LogP contribution in [0.3, 0.4) is 0 Å². The number of anilines is 1. The average molecular weight is 333 g/mol. The van der Waals surface area contributed by atoms with E-state index in [1.807, 2.05) is 32.9 Å². The van der Waals surface area contributed by atoms with Gasteiger partial charge in [-0.3, -0.25) is 5.32 Å². The zero-order chi connectivity index (χ0) is 16.4. The Hall–Kier alpha value is -1.99. The molecule has 3 heterocycles. The predicted octanol–water partition coefficient (Wildman–Crippen LogP) is 3.84. The first kappa shape index (κ1) is 15.9. The summed E-state index contributed by atoms with van der Waals surface area (Å²) < 4.78 is 10.7. The number of thiazole rings is 1. The van der Waals surface area contributed by atoms with Gasteiger partial charge in [0.25, 0.3) is 0 Å². The molecule has 0 aromatic carbocycles. The number of carbonyl (C=O) groups excluding carboxylic acids is 1. The third-order valence-electron chi connectivity index (χ3n) is 3.10. The molecule has 0 atom stereocenters. The Morgan fingerprint density at radius 3 is 2.87 bits per heavy atom. The highest BCUT2D eigenvalue weighted by Crippen LogP contribution is 2.27. The smallest absolute Gasteiger partial charge is 0.413 e. The molecule has 6 nitrogen and oxygen atoms in total. The van der Waals surface area contributed by atoms with Gasteiger partial charge in [-0.05, 0) is 44.9 Å². The van der Waals surface area contributed by atoms with Crippen LogP contribution in [0.5, 0.6) is 0 Å². The lowest BCUT2D eigenvalue weighted by molar-refractivity contribution is 0.0636. The fourth-order valence-corrected chi connectivity index (χ4v) is 3.00. The van der Waals surface area contributed by atoms with Crippen LogP contribution in [-0.2, 0) is 9.47 Å². The van der Waals surface area contributed by atoms with E-state index in [0.29, 0.717) is 11.7 Å². The van der Waals surface area contributed by atoms with Gasteiger partial charge in [0.2, 0.25) is 0 Å². The van der Waals surface area contributed by atoms with Gasteiger partial charge in [0, 0.05) is 0 Å². The first-order chi connectivity index (χ1) is 10.9. The van der Waals surface area contributed by atoms with Crippen molar-refractivity contribution in [1.82, 2.24) is 9.97 Å². The second-order valence-corrected chi connectivity index (χ2v) is 7.21. The molecule has 1 N–H and O–H groups in total. The molecule has 23 heavy (non-hydrogen) atoms. The van der Waals surface area contributed by atoms with Crippen molar-refractivity contribution >= 4 is 38.5 Å². The molecule has 1 amide bonds. The first-order valence-electron chi connectivity index (χ1n) is 7.45. The molecule has 0 saturated carbocycles. The number of hydrogen-bond acceptors (Lipinski definition) is 6. The van der Waals surface area contributed by atoms with E-state index in [0.717, 1.165) is 34.6 Å². The third-order valence-corrected chi connectivity index (χ3v) is 3.98. The fourth-order valence-electron chi connectivity index (χ4n) is 2.18. The van der Waals surface area contributed by atoms with Crippen LogP contribution in [0.25, 0.3) is 15.9 Å². The third kappa shape index (κ3) is 4.05. The van der Waals surface area contributed by atoms with Gasteiger partial charge in [0.05, 0.1) is 18.9 Å². The summed E-state index contributed by atoms with van der Waals surface area (Å²) in [7, 11) is 0. The normalized spacial score (nSPS) is 15.3. The van der Waals surface area contributed by atoms with Crippen LogP contribution in [0.15, 0.2) is 18.2 Å². The quantitative estimate of drug-likeness (QED) is 0.904. The van der Waals surface area contributed by atoms with Gasteiger partial charge in [-0.2, -0.15) is 0 Å². The number of hydrogen-bond donors (Lipinski definition) is 1. The van der Waals surface area contributed by atoms with Crippen LogP contribution >= 0.6 is 11.3 Å². The highest BCUT2D eigenvalue weighted by Gasteiger charge is 2.18. The zero-order valence-corrected chi connectivity index (χ0v) is 14.2. The van der Waals surface area contributed by atoms with Gasteiger partial charge >= 0.3 is 6.09 Å². The predicted molar refractivity (Wildman–Crippen MR) is 90.7 cm³/mol. The average Bonchev–Trinajstić information content (AvgIpc) is 2.87. The van der Waals surface area contributed by atoms with Crippen LogP contribution in [-0.4, -0.2) is 34.9 Å². The Labute approximate surface area is 138 Å². The fraction of sp³-hybridized carbons (Fsp3) is 0.438. The molecule has 0 aliphatic carbocycles. The lowest BCUT2D eigenvalue weighted by Crippen LogP contribution is -2.27. The van der Waals surface area contributed by atoms with Crippen LogP contribution in [0, 0.1) is 0 Å². The van der Waals surface area contributed by atoms with Crippen molar-refractivity contribution in [3.8, 4) is 0 Å². The van der Waals surface area contributed by atoms with E-state index in [1.54, 1.807) is 0 Å². The van der Waals surface area contributed by atoms with Gasteiger partial charge in [-0.15, -0.1) is 0 Å². The standard InChI is InChI=1S/C16H19N3O3S/c1-16(2,3)22-15(20)19-14-18-12-7-6-11(17-13(12)23-14)10-5-4-8-21-9-10/h5-7H,4,8-9H2,1-3H3,(H,18,19,20). The van der Waals surface area contributed by atoms with Crippen molar-refractivity contribution in [3.63, 3.8) is 0 Å². The van der Waals surface area contributed by atoms with E-state index in [4.69, 9.17) is 9.47 Å². The molecule has 0 unspecified atom stereocenters. The van der Waals surface area contributed by atoms with Gasteiger partial charge in [-0.1, -0.05) is 17.4 Å². The first-order valence-corrected chi connectivity index (χ1v) is 8.27. The van der Waals surface area contributed by atoms with E-state index >= 15 is 0 Å². The Morgan fingerprint density at radius 2 is 2.17 bits per heavy atom. The lowest BCUT2D eigenvalue weighted by atomic mass is 10.1. The Balaban J connectivity index is 1.79. The van der Waals surface area contributed by atoms with Crippen LogP contribution in [0.1, 0.15) is 32.9 Å². The molecular weight excluding hydrogens is 314 g/mol. The molecule has 3 rings (SSSR count). The van der Waals surface area contributed by atoms with Crippen LogP contribution < -0.4 is 5.32 Å². The molecule has 1 aliphatic heterocycles. The second-order valence-electron chi connectivity index (χ2n) is 6.24. The van der Waals surface area contributed by atoms with E-state index in [9.17, 15) is 4.79 Å². The number of amides is 1. The zero-order valence-electron chi connectivity index (χ0n) is 13.4. The Bertz CT molecular complexity index is 762. The molecule has 2 aromatic heterocycles. The summed E-state index contributed by atoms with van der Waals surface area (Å²) in [6.45, 7) is 6.80. The minimum atomic E-state index is -0.542. The monoisotopic (exact) mass is 333 g/mol. The molecule has 0 spiro atoms. The van der Waals surface area contributed by atoms with E-state index in [2.05, 4.69) is 21.4 Å². The molecule has 7 heteroatoms. The van der Waals surface area contributed by atoms with Crippen molar-refractivity contribution in [2.75, 3.05) is 18.5 Å². The topological polar surface area (TPSA) is 73.3 Å². The number of nitrogens with zero attached hydrogens (tertiary/aromatic N) is 2. The minimum Gasteiger partial charge on any atom is -0.444 e. The number of aromatic nitrogens is 2. The maximum absolute atomic E-state index is 11.8. The molecule has 0 bridgehead atoms. The lowest BCUT2D eigenvalue weighted by Gasteiger charge is -2.18. The highest BCUT2D eigenvalue weighted by atomic mass is 32.1. The summed E-state index contributed by atoms with van der Waals surface area (Å²) in [5.74, 6) is 0. The Kier molecular flexibility index (Phi) is 4.32. The largest absolute Gasteiger partial charge is 0.444 e. The van der Waals surface area contributed by atoms with Gasteiger partial charge in [0.1, 0.15) is 15.9 Å². The molecule has 2 aromatic rings. The van der Waals surface area contributed by atoms with Crippen molar-refractivity contribution in [3.05, 3.63) is 23.9 Å². The van der Waals surface area contributed by atoms with Crippen LogP contribution in [0.2, 0.25) is 0 Å². The molecule has 0 fully saturated rings. The Morgan fingerprint density at radius 1 is 1.35 bits per heavy atom. The number of nitrogens with one attached hydrogen (secondary N) is 1. The van der Waals surface area contributed by atoms with E-state index in [-0.39, 0.29) is 0 Å². The summed E-state index contributed by atoms with van der Waals surface area (Å²) in [5, 5.41) is 3.13. The second kappa shape index (κ2) is 6.25. The summed E-state index contributed by atoms with van der Waals surface area (Å²) in [5.41, 5.74) is 2.19. The maximum atomic E-state index is 11.8. The van der Waals surface area contributed by atoms with E-state index in [1.165, 1.54) is 11.3 Å². The molecule has 122 valence electrons. The van der Waals surface area contributed by atoms with Gasteiger partial charge < -0.3 is 9.47 Å². The van der Waals surface area contributed by atoms with Crippen molar-refractivity contribution in [1.29, 1.82) is 0 Å². The van der Waals surface area contributed by atoms with E-state index < -0.39 is 11.7 Å². The molecular formula is C16H19N3O3S.